The van der Waals surface area contributed by atoms with Crippen molar-refractivity contribution < 1.29 is 41.0 Å². The maximum Gasteiger partial charge on any atom is 0.416 e. The maximum atomic E-state index is 13.0. The summed E-state index contributed by atoms with van der Waals surface area (Å²) in [5, 5.41) is 16.6. The van der Waals surface area contributed by atoms with Crippen LogP contribution in [0.5, 0.6) is 0 Å². The van der Waals surface area contributed by atoms with Crippen LogP contribution < -0.4 is 5.73 Å². The van der Waals surface area contributed by atoms with E-state index in [4.69, 9.17) is 10.8 Å². The number of ketones is 1. The molecule has 316 valence electrons. The summed E-state index contributed by atoms with van der Waals surface area (Å²) in [6.45, 7) is 3.13. The number of nitrogens with two attached hydrogens (primary N) is 1. The van der Waals surface area contributed by atoms with Crippen molar-refractivity contribution in [2.75, 3.05) is 0 Å². The number of nitrogens with zero attached hydrogens (tertiary/aromatic N) is 8. The molecule has 4 heterocycles. The number of aryl methyl sites for hydroxylation is 4. The lowest BCUT2D eigenvalue weighted by Crippen LogP contribution is -2.05. The highest BCUT2D eigenvalue weighted by molar-refractivity contribution is 5.92. The summed E-state index contributed by atoms with van der Waals surface area (Å²) in [4.78, 5) is 39.3. The number of benzene rings is 2. The zero-order chi connectivity index (χ0) is 43.9. The van der Waals surface area contributed by atoms with Crippen LogP contribution in [0.15, 0.2) is 97.9 Å². The number of alkyl halides is 6. The summed E-state index contributed by atoms with van der Waals surface area (Å²) < 4.78 is 79.8. The number of hydrogen-bond donors (Lipinski definition) is 2. The van der Waals surface area contributed by atoms with E-state index in [0.717, 1.165) is 78.2 Å². The fourth-order valence-electron chi connectivity index (χ4n) is 6.87. The fourth-order valence-corrected chi connectivity index (χ4v) is 6.87. The zero-order valence-corrected chi connectivity index (χ0v) is 32.8. The number of carbonyl (C=O) groups excluding carboxylic acids is 1. The van der Waals surface area contributed by atoms with E-state index in [-0.39, 0.29) is 40.5 Å². The summed E-state index contributed by atoms with van der Waals surface area (Å²) >= 11 is 0. The van der Waals surface area contributed by atoms with Crippen molar-refractivity contribution in [1.82, 2.24) is 39.5 Å². The van der Waals surface area contributed by atoms with Gasteiger partial charge in [0.25, 0.3) is 0 Å². The van der Waals surface area contributed by atoms with Crippen molar-refractivity contribution in [2.45, 2.75) is 70.3 Å². The van der Waals surface area contributed by atoms with Crippen molar-refractivity contribution in [1.29, 1.82) is 0 Å². The number of pyridine rings is 2. The van der Waals surface area contributed by atoms with Gasteiger partial charge in [-0.05, 0) is 122 Å². The number of carbonyl (C=O) groups is 2. The second-order valence-electron chi connectivity index (χ2n) is 14.4. The van der Waals surface area contributed by atoms with Crippen molar-refractivity contribution in [3.63, 3.8) is 0 Å². The molecule has 0 aliphatic heterocycles. The molecular weight excluding hydrogens is 805 g/mol. The molecule has 6 aromatic rings. The van der Waals surface area contributed by atoms with Gasteiger partial charge in [-0.2, -0.15) is 26.3 Å². The zero-order valence-electron chi connectivity index (χ0n) is 32.8. The number of fused-ring (bicyclic) bond motifs is 2. The Balaban J connectivity index is 0.000000173. The van der Waals surface area contributed by atoms with Crippen molar-refractivity contribution in [3.05, 3.63) is 143 Å². The first-order valence-corrected chi connectivity index (χ1v) is 18.9. The number of hydrogen-bond acceptors (Lipinski definition) is 9. The Kier molecular flexibility index (Phi) is 13.4. The number of carboxylic acids is 1. The molecule has 0 amide bonds. The summed E-state index contributed by atoms with van der Waals surface area (Å²) in [7, 11) is 0. The molecule has 3 N–H and O–H groups in total. The molecule has 4 aromatic heterocycles. The Hall–Kier alpha value is -6.82. The van der Waals surface area contributed by atoms with E-state index in [0.29, 0.717) is 17.5 Å². The average Bonchev–Trinajstić information content (AvgIpc) is 4.04. The second-order valence-corrected chi connectivity index (χ2v) is 14.4. The molecule has 2 aliphatic carbocycles. The number of halogens is 6. The van der Waals surface area contributed by atoms with E-state index < -0.39 is 29.4 Å². The van der Waals surface area contributed by atoms with Gasteiger partial charge in [0.2, 0.25) is 0 Å². The number of carboxylic acid groups (broad SMARTS) is 1. The largest absolute Gasteiger partial charge is 0.478 e. The third-order valence-electron chi connectivity index (χ3n) is 9.69. The Morgan fingerprint density at radius 3 is 1.72 bits per heavy atom. The maximum absolute atomic E-state index is 13.0. The molecule has 0 fully saturated rings. The highest BCUT2D eigenvalue weighted by atomic mass is 19.4. The van der Waals surface area contributed by atoms with Crippen LogP contribution in [0.1, 0.15) is 76.0 Å². The monoisotopic (exact) mass is 843 g/mol. The van der Waals surface area contributed by atoms with Gasteiger partial charge in [0, 0.05) is 65.8 Å². The van der Waals surface area contributed by atoms with Crippen molar-refractivity contribution >= 4 is 24.2 Å². The minimum absolute atomic E-state index is 0.0522. The SMILES string of the molecule is Cc1cc(-c2ncn(/C=C\C(=O)CC3CCc4ncccc43)n2)cc(C(F)(F)F)c1.Cc1cc(-c2ncn(/C=C\C(=O)O)n2)cc(C(F)(F)F)c1.NC1CCc2ncccc21. The van der Waals surface area contributed by atoms with Crippen LogP contribution in [0.2, 0.25) is 0 Å². The smallest absolute Gasteiger partial charge is 0.416 e. The quantitative estimate of drug-likeness (QED) is 0.112. The molecular formula is C43H39F6N9O3. The number of aromatic nitrogens is 8. The number of rotatable bonds is 8. The van der Waals surface area contributed by atoms with E-state index in [9.17, 15) is 35.9 Å². The van der Waals surface area contributed by atoms with Crippen LogP contribution in [0, 0.1) is 13.8 Å². The first-order valence-electron chi connectivity index (χ1n) is 18.9. The lowest BCUT2D eigenvalue weighted by atomic mass is 9.96. The lowest BCUT2D eigenvalue weighted by Gasteiger charge is -2.09. The van der Waals surface area contributed by atoms with E-state index in [1.807, 2.05) is 24.4 Å². The van der Waals surface area contributed by atoms with Gasteiger partial charge < -0.3 is 10.8 Å². The van der Waals surface area contributed by atoms with Gasteiger partial charge in [0.1, 0.15) is 12.7 Å². The summed E-state index contributed by atoms with van der Waals surface area (Å²) in [5.41, 5.74) is 10.3. The minimum Gasteiger partial charge on any atom is -0.478 e. The van der Waals surface area contributed by atoms with Crippen LogP contribution in [-0.4, -0.2) is 56.4 Å². The molecule has 2 aliphatic rings. The first kappa shape index (κ1) is 43.8. The molecule has 12 nitrogen and oxygen atoms in total. The van der Waals surface area contributed by atoms with Gasteiger partial charge in [-0.3, -0.25) is 14.8 Å². The standard InChI is InChI=1S/C22H19F3N4O.C13H10F3N3O2.C8H10N2/c1-14-9-16(11-17(10-14)22(23,24)25)21-27-13-29(28-21)8-6-18(30)12-15-4-5-20-19(15)3-2-7-26-20;1-8-4-9(6-10(5-8)13(14,15)16)12-17-7-19(18-12)3-2-11(20)21;9-7-3-4-8-6(7)2-1-5-10-8/h2-3,6-11,13,15H,4-5,12H2,1H3;2-7H,1H3,(H,20,21);1-2,5,7H,3-4,9H2/b8-6-;3-2-;. The highest BCUT2D eigenvalue weighted by Crippen LogP contribution is 2.35. The number of allylic oxidation sites excluding steroid dienone is 1. The predicted octanol–water partition coefficient (Wildman–Crippen LogP) is 8.68. The van der Waals surface area contributed by atoms with E-state index in [1.54, 1.807) is 26.1 Å². The summed E-state index contributed by atoms with van der Waals surface area (Å²) in [6, 6.07) is 15.3. The van der Waals surface area contributed by atoms with Crippen LogP contribution in [0.25, 0.3) is 35.2 Å². The van der Waals surface area contributed by atoms with Gasteiger partial charge in [-0.25, -0.2) is 24.1 Å². The molecule has 0 saturated carbocycles. The third-order valence-corrected chi connectivity index (χ3v) is 9.69. The van der Waals surface area contributed by atoms with Gasteiger partial charge >= 0.3 is 18.3 Å². The summed E-state index contributed by atoms with van der Waals surface area (Å²) in [5.74, 6) is -0.813. The van der Waals surface area contributed by atoms with Gasteiger partial charge in [0.05, 0.1) is 11.1 Å². The molecule has 18 heteroatoms. The lowest BCUT2D eigenvalue weighted by molar-refractivity contribution is -0.138. The normalized spacial score (nSPS) is 15.8. The van der Waals surface area contributed by atoms with Crippen molar-refractivity contribution in [2.24, 2.45) is 5.73 Å². The highest BCUT2D eigenvalue weighted by Gasteiger charge is 2.32. The topological polar surface area (TPSA) is 168 Å². The Morgan fingerprint density at radius 2 is 1.21 bits per heavy atom. The van der Waals surface area contributed by atoms with E-state index in [2.05, 4.69) is 36.2 Å². The summed E-state index contributed by atoms with van der Waals surface area (Å²) in [6.07, 6.45) is 6.42. The molecule has 61 heavy (non-hydrogen) atoms. The van der Waals surface area contributed by atoms with E-state index >= 15 is 0 Å². The van der Waals surface area contributed by atoms with Gasteiger partial charge in [0.15, 0.2) is 17.4 Å². The second kappa shape index (κ2) is 18.6. The van der Waals surface area contributed by atoms with Crippen LogP contribution in [0.3, 0.4) is 0 Å². The Labute approximate surface area is 345 Å². The number of aliphatic carboxylic acids is 1. The molecule has 0 saturated heterocycles. The Morgan fingerprint density at radius 1 is 0.721 bits per heavy atom. The molecule has 2 aromatic carbocycles. The predicted molar refractivity (Wildman–Crippen MR) is 213 cm³/mol. The van der Waals surface area contributed by atoms with Crippen molar-refractivity contribution in [3.8, 4) is 22.8 Å². The van der Waals surface area contributed by atoms with Gasteiger partial charge in [-0.1, -0.05) is 12.1 Å². The molecule has 2 atom stereocenters. The van der Waals surface area contributed by atoms with Gasteiger partial charge in [-0.15, -0.1) is 10.2 Å². The first-order chi connectivity index (χ1) is 28.9. The average molecular weight is 844 g/mol. The fraction of sp³-hybridized carbons (Fsp3) is 0.256. The van der Waals surface area contributed by atoms with Crippen LogP contribution in [-0.2, 0) is 34.8 Å². The van der Waals surface area contributed by atoms with Crippen LogP contribution >= 0.6 is 0 Å². The van der Waals surface area contributed by atoms with E-state index in [1.165, 1.54) is 46.9 Å². The molecule has 0 bridgehead atoms. The molecule has 2 unspecified atom stereocenters. The minimum atomic E-state index is -4.45. The molecule has 0 spiro atoms. The third kappa shape index (κ3) is 11.7. The van der Waals surface area contributed by atoms with Crippen LogP contribution in [0.4, 0.5) is 26.3 Å². The Bertz CT molecular complexity index is 2580. The molecule has 8 rings (SSSR count). The molecule has 0 radical (unpaired) electrons.